The van der Waals surface area contributed by atoms with E-state index in [4.69, 9.17) is 10.5 Å². The summed E-state index contributed by atoms with van der Waals surface area (Å²) in [5.41, 5.74) is 8.00. The van der Waals surface area contributed by atoms with Crippen molar-refractivity contribution in [1.29, 1.82) is 0 Å². The second kappa shape index (κ2) is 5.52. The van der Waals surface area contributed by atoms with Gasteiger partial charge in [0.15, 0.2) is 0 Å². The first kappa shape index (κ1) is 12.4. The van der Waals surface area contributed by atoms with Gasteiger partial charge in [0.1, 0.15) is 12.4 Å². The highest BCUT2D eigenvalue weighted by atomic mass is 16.5. The summed E-state index contributed by atoms with van der Waals surface area (Å²) in [6, 6.07) is 6.99. The molecule has 0 atom stereocenters. The van der Waals surface area contributed by atoms with Crippen LogP contribution in [0.4, 0.5) is 0 Å². The molecule has 3 heteroatoms. The van der Waals surface area contributed by atoms with Crippen LogP contribution in [-0.4, -0.2) is 31.1 Å². The average Bonchev–Trinajstić information content (AvgIpc) is 3.13. The molecule has 0 spiro atoms. The Morgan fingerprint density at radius 2 is 2.18 bits per heavy atom. The summed E-state index contributed by atoms with van der Waals surface area (Å²) in [6.45, 7) is 4.34. The highest BCUT2D eigenvalue weighted by Crippen LogP contribution is 2.25. The Morgan fingerprint density at radius 3 is 2.82 bits per heavy atom. The Balaban J connectivity index is 1.86. The first-order valence-electron chi connectivity index (χ1n) is 6.33. The largest absolute Gasteiger partial charge is 0.492 e. The van der Waals surface area contributed by atoms with Crippen LogP contribution in [0.5, 0.6) is 5.75 Å². The van der Waals surface area contributed by atoms with Crippen molar-refractivity contribution in [3.8, 4) is 5.75 Å². The number of nitrogens with zero attached hydrogens (tertiary/aromatic N) is 1. The third kappa shape index (κ3) is 3.45. The summed E-state index contributed by atoms with van der Waals surface area (Å²) in [7, 11) is 2.17. The van der Waals surface area contributed by atoms with Gasteiger partial charge in [0.25, 0.3) is 0 Å². The lowest BCUT2D eigenvalue weighted by Gasteiger charge is -2.17. The van der Waals surface area contributed by atoms with Crippen molar-refractivity contribution in [1.82, 2.24) is 4.90 Å². The predicted octanol–water partition coefficient (Wildman–Crippen LogP) is 1.93. The third-order valence-corrected chi connectivity index (χ3v) is 3.31. The first-order valence-corrected chi connectivity index (χ1v) is 6.33. The van der Waals surface area contributed by atoms with Crippen molar-refractivity contribution < 1.29 is 4.74 Å². The second-order valence-electron chi connectivity index (χ2n) is 4.88. The van der Waals surface area contributed by atoms with Crippen LogP contribution in [0.2, 0.25) is 0 Å². The van der Waals surface area contributed by atoms with Crippen molar-refractivity contribution in [2.24, 2.45) is 5.73 Å². The molecule has 2 rings (SSSR count). The van der Waals surface area contributed by atoms with E-state index in [1.807, 2.05) is 0 Å². The normalized spacial score (nSPS) is 15.3. The molecular weight excluding hydrogens is 212 g/mol. The van der Waals surface area contributed by atoms with E-state index in [-0.39, 0.29) is 0 Å². The van der Waals surface area contributed by atoms with Crippen LogP contribution in [0, 0.1) is 6.92 Å². The van der Waals surface area contributed by atoms with E-state index >= 15 is 0 Å². The minimum atomic E-state index is 0.536. The smallest absolute Gasteiger partial charge is 0.124 e. The minimum Gasteiger partial charge on any atom is -0.492 e. The minimum absolute atomic E-state index is 0.536. The monoisotopic (exact) mass is 234 g/mol. The number of nitrogens with two attached hydrogens (primary N) is 1. The zero-order chi connectivity index (χ0) is 12.3. The number of hydrogen-bond donors (Lipinski definition) is 1. The Bertz CT molecular complexity index is 374. The topological polar surface area (TPSA) is 38.5 Å². The summed E-state index contributed by atoms with van der Waals surface area (Å²) < 4.78 is 5.84. The molecule has 1 saturated carbocycles. The molecular formula is C14H22N2O. The lowest BCUT2D eigenvalue weighted by molar-refractivity contribution is 0.230. The van der Waals surface area contributed by atoms with Gasteiger partial charge in [0, 0.05) is 24.7 Å². The van der Waals surface area contributed by atoms with Gasteiger partial charge in [-0.2, -0.15) is 0 Å². The van der Waals surface area contributed by atoms with Crippen LogP contribution in [0.1, 0.15) is 24.0 Å². The molecule has 0 bridgehead atoms. The number of hydrogen-bond acceptors (Lipinski definition) is 3. The van der Waals surface area contributed by atoms with Crippen molar-refractivity contribution in [2.45, 2.75) is 32.4 Å². The average molecular weight is 234 g/mol. The fourth-order valence-electron chi connectivity index (χ4n) is 1.96. The molecule has 0 saturated heterocycles. The predicted molar refractivity (Wildman–Crippen MR) is 70.2 cm³/mol. The van der Waals surface area contributed by atoms with E-state index in [9.17, 15) is 0 Å². The molecule has 0 amide bonds. The van der Waals surface area contributed by atoms with Crippen molar-refractivity contribution in [3.05, 3.63) is 29.3 Å². The molecule has 0 aliphatic heterocycles. The molecule has 0 radical (unpaired) electrons. The van der Waals surface area contributed by atoms with Crippen LogP contribution >= 0.6 is 0 Å². The lowest BCUT2D eigenvalue weighted by atomic mass is 10.1. The number of rotatable bonds is 6. The Labute approximate surface area is 104 Å². The van der Waals surface area contributed by atoms with E-state index in [1.165, 1.54) is 18.4 Å². The van der Waals surface area contributed by atoms with Gasteiger partial charge < -0.3 is 15.4 Å². The molecule has 0 heterocycles. The fraction of sp³-hybridized carbons (Fsp3) is 0.571. The summed E-state index contributed by atoms with van der Waals surface area (Å²) in [5, 5.41) is 0. The molecule has 2 N–H and O–H groups in total. The quantitative estimate of drug-likeness (QED) is 0.817. The molecule has 1 aromatic carbocycles. The van der Waals surface area contributed by atoms with Crippen molar-refractivity contribution >= 4 is 0 Å². The van der Waals surface area contributed by atoms with Gasteiger partial charge in [-0.15, -0.1) is 0 Å². The van der Waals surface area contributed by atoms with E-state index < -0.39 is 0 Å². The lowest BCUT2D eigenvalue weighted by Crippen LogP contribution is -2.26. The van der Waals surface area contributed by atoms with Crippen LogP contribution in [-0.2, 0) is 6.54 Å². The number of aryl methyl sites for hydroxylation is 1. The highest BCUT2D eigenvalue weighted by molar-refractivity contribution is 5.36. The van der Waals surface area contributed by atoms with Crippen LogP contribution in [0.3, 0.4) is 0 Å². The van der Waals surface area contributed by atoms with Gasteiger partial charge >= 0.3 is 0 Å². The van der Waals surface area contributed by atoms with Gasteiger partial charge in [-0.3, -0.25) is 0 Å². The fourth-order valence-corrected chi connectivity index (χ4v) is 1.96. The van der Waals surface area contributed by atoms with Crippen molar-refractivity contribution in [3.63, 3.8) is 0 Å². The Morgan fingerprint density at radius 1 is 1.41 bits per heavy atom. The first-order chi connectivity index (χ1) is 8.20. The summed E-state index contributed by atoms with van der Waals surface area (Å²) >= 11 is 0. The molecule has 1 aliphatic carbocycles. The van der Waals surface area contributed by atoms with Crippen molar-refractivity contribution in [2.75, 3.05) is 20.2 Å². The molecule has 94 valence electrons. The number of benzene rings is 1. The maximum Gasteiger partial charge on any atom is 0.124 e. The Kier molecular flexibility index (Phi) is 4.02. The SMILES string of the molecule is Cc1ccc(CN)c(OCCN(C)C2CC2)c1. The van der Waals surface area contributed by atoms with E-state index in [1.54, 1.807) is 0 Å². The van der Waals surface area contributed by atoms with Gasteiger partial charge in [-0.05, 0) is 38.4 Å². The summed E-state index contributed by atoms with van der Waals surface area (Å²) in [6.07, 6.45) is 2.68. The standard InChI is InChI=1S/C14H22N2O/c1-11-3-4-12(10-15)14(9-11)17-8-7-16(2)13-5-6-13/h3-4,9,13H,5-8,10,15H2,1-2H3. The molecule has 0 unspecified atom stereocenters. The van der Waals surface area contributed by atoms with E-state index in [2.05, 4.69) is 37.1 Å². The molecule has 1 fully saturated rings. The highest BCUT2D eigenvalue weighted by Gasteiger charge is 2.25. The third-order valence-electron chi connectivity index (χ3n) is 3.31. The zero-order valence-electron chi connectivity index (χ0n) is 10.8. The molecule has 3 nitrogen and oxygen atoms in total. The van der Waals surface area contributed by atoms with Crippen LogP contribution in [0.15, 0.2) is 18.2 Å². The van der Waals surface area contributed by atoms with Gasteiger partial charge in [0.2, 0.25) is 0 Å². The molecule has 1 aliphatic rings. The number of likely N-dealkylation sites (N-methyl/N-ethyl adjacent to an activating group) is 1. The molecule has 17 heavy (non-hydrogen) atoms. The van der Waals surface area contributed by atoms with E-state index in [0.717, 1.165) is 30.5 Å². The van der Waals surface area contributed by atoms with Crippen LogP contribution in [0.25, 0.3) is 0 Å². The maximum absolute atomic E-state index is 5.84. The molecule has 1 aromatic rings. The van der Waals surface area contributed by atoms with Crippen LogP contribution < -0.4 is 10.5 Å². The summed E-state index contributed by atoms with van der Waals surface area (Å²) in [4.78, 5) is 2.37. The zero-order valence-corrected chi connectivity index (χ0v) is 10.8. The summed E-state index contributed by atoms with van der Waals surface area (Å²) in [5.74, 6) is 0.941. The second-order valence-corrected chi connectivity index (χ2v) is 4.88. The van der Waals surface area contributed by atoms with Gasteiger partial charge in [0.05, 0.1) is 0 Å². The Hall–Kier alpha value is -1.06. The van der Waals surface area contributed by atoms with E-state index in [0.29, 0.717) is 6.54 Å². The molecule has 0 aromatic heterocycles. The number of ether oxygens (including phenoxy) is 1. The van der Waals surface area contributed by atoms with Gasteiger partial charge in [-0.1, -0.05) is 12.1 Å². The maximum atomic E-state index is 5.84. The van der Waals surface area contributed by atoms with Gasteiger partial charge in [-0.25, -0.2) is 0 Å².